The first kappa shape index (κ1) is 18.1. The van der Waals surface area contributed by atoms with E-state index in [4.69, 9.17) is 4.74 Å². The van der Waals surface area contributed by atoms with Crippen LogP contribution in [0.2, 0.25) is 0 Å². The normalized spacial score (nSPS) is 15.3. The fourth-order valence-corrected chi connectivity index (χ4v) is 3.29. The van der Waals surface area contributed by atoms with Crippen LogP contribution in [-0.2, 0) is 16.1 Å². The predicted molar refractivity (Wildman–Crippen MR) is 97.1 cm³/mol. The molecule has 0 bridgehead atoms. The average molecular weight is 357 g/mol. The van der Waals surface area contributed by atoms with Gasteiger partial charge in [-0.2, -0.15) is 0 Å². The summed E-state index contributed by atoms with van der Waals surface area (Å²) >= 11 is 0. The van der Waals surface area contributed by atoms with Gasteiger partial charge in [0.05, 0.1) is 16.6 Å². The topological polar surface area (TPSA) is 81.5 Å². The third-order valence-corrected chi connectivity index (χ3v) is 4.71. The fraction of sp³-hybridized carbons (Fsp3) is 0.474. The average Bonchev–Trinajstić information content (AvgIpc) is 3.16. The number of benzene rings is 1. The molecule has 1 amide bonds. The molecule has 0 radical (unpaired) electrons. The Morgan fingerprint density at radius 2 is 1.96 bits per heavy atom. The van der Waals surface area contributed by atoms with Crippen LogP contribution in [0.3, 0.4) is 0 Å². The summed E-state index contributed by atoms with van der Waals surface area (Å²) < 4.78 is 6.96. The van der Waals surface area contributed by atoms with Gasteiger partial charge < -0.3 is 14.2 Å². The summed E-state index contributed by atoms with van der Waals surface area (Å²) in [6, 6.07) is 4.89. The van der Waals surface area contributed by atoms with Crippen LogP contribution in [0.4, 0.5) is 0 Å². The predicted octanol–water partition coefficient (Wildman–Crippen LogP) is 1.89. The molecule has 1 aliphatic heterocycles. The van der Waals surface area contributed by atoms with E-state index < -0.39 is 12.1 Å². The standard InChI is InChI=1S/C19H23N3O4/c1-4-22-16-8-7-14(11-15(16)20-12(2)17(22)23)19(25)26-13(3)18(24)21-9-5-6-10-21/h7-8,11,13H,4-6,9-10H2,1-3H3/t13-/m1/s1. The highest BCUT2D eigenvalue weighted by atomic mass is 16.5. The Morgan fingerprint density at radius 1 is 1.27 bits per heavy atom. The summed E-state index contributed by atoms with van der Waals surface area (Å²) in [4.78, 5) is 42.9. The monoisotopic (exact) mass is 357 g/mol. The molecule has 1 aromatic carbocycles. The zero-order valence-electron chi connectivity index (χ0n) is 15.3. The van der Waals surface area contributed by atoms with E-state index in [2.05, 4.69) is 4.98 Å². The number of carbonyl (C=O) groups is 2. The fourth-order valence-electron chi connectivity index (χ4n) is 3.29. The van der Waals surface area contributed by atoms with Crippen molar-refractivity contribution < 1.29 is 14.3 Å². The van der Waals surface area contributed by atoms with Crippen LogP contribution < -0.4 is 5.56 Å². The zero-order valence-corrected chi connectivity index (χ0v) is 15.3. The van der Waals surface area contributed by atoms with Crippen molar-refractivity contribution in [2.45, 2.75) is 46.3 Å². The lowest BCUT2D eigenvalue weighted by Gasteiger charge is -2.20. The molecule has 7 nitrogen and oxygen atoms in total. The van der Waals surface area contributed by atoms with Crippen molar-refractivity contribution in [2.24, 2.45) is 0 Å². The van der Waals surface area contributed by atoms with E-state index in [1.54, 1.807) is 41.5 Å². The molecule has 1 fully saturated rings. The highest BCUT2D eigenvalue weighted by Crippen LogP contribution is 2.16. The first-order chi connectivity index (χ1) is 12.4. The number of nitrogens with zero attached hydrogens (tertiary/aromatic N) is 3. The summed E-state index contributed by atoms with van der Waals surface area (Å²) in [6.45, 7) is 7.08. The van der Waals surface area contributed by atoms with Gasteiger partial charge in [0.2, 0.25) is 0 Å². The van der Waals surface area contributed by atoms with Gasteiger partial charge in [0.1, 0.15) is 5.69 Å². The van der Waals surface area contributed by atoms with Crippen LogP contribution in [0.25, 0.3) is 11.0 Å². The first-order valence-corrected chi connectivity index (χ1v) is 8.93. The Bertz CT molecular complexity index is 913. The van der Waals surface area contributed by atoms with Crippen molar-refractivity contribution in [3.63, 3.8) is 0 Å². The molecule has 26 heavy (non-hydrogen) atoms. The van der Waals surface area contributed by atoms with Crippen LogP contribution in [-0.4, -0.2) is 45.5 Å². The lowest BCUT2D eigenvalue weighted by molar-refractivity contribution is -0.138. The molecule has 2 heterocycles. The van der Waals surface area contributed by atoms with Crippen LogP contribution in [0, 0.1) is 6.92 Å². The molecule has 1 saturated heterocycles. The van der Waals surface area contributed by atoms with E-state index in [0.29, 0.717) is 41.9 Å². The van der Waals surface area contributed by atoms with E-state index >= 15 is 0 Å². The van der Waals surface area contributed by atoms with Crippen molar-refractivity contribution in [1.29, 1.82) is 0 Å². The van der Waals surface area contributed by atoms with Crippen molar-refractivity contribution in [1.82, 2.24) is 14.5 Å². The number of hydrogen-bond acceptors (Lipinski definition) is 5. The van der Waals surface area contributed by atoms with Crippen LogP contribution in [0.5, 0.6) is 0 Å². The number of aryl methyl sites for hydroxylation is 2. The second kappa shape index (κ2) is 7.27. The Labute approximate surface area is 151 Å². The van der Waals surface area contributed by atoms with Gasteiger partial charge in [-0.1, -0.05) is 0 Å². The summed E-state index contributed by atoms with van der Waals surface area (Å²) in [5, 5.41) is 0. The molecule has 0 saturated carbocycles. The summed E-state index contributed by atoms with van der Waals surface area (Å²) in [6.07, 6.45) is 1.15. The Balaban J connectivity index is 1.83. The minimum absolute atomic E-state index is 0.139. The van der Waals surface area contributed by atoms with Gasteiger partial charge in [-0.25, -0.2) is 9.78 Å². The number of carbonyl (C=O) groups excluding carboxylic acids is 2. The van der Waals surface area contributed by atoms with E-state index in [-0.39, 0.29) is 11.5 Å². The minimum Gasteiger partial charge on any atom is -0.449 e. The van der Waals surface area contributed by atoms with Gasteiger partial charge >= 0.3 is 5.97 Å². The number of ether oxygens (including phenoxy) is 1. The molecule has 0 N–H and O–H groups in total. The van der Waals surface area contributed by atoms with Crippen LogP contribution in [0.1, 0.15) is 42.7 Å². The molecule has 1 aliphatic rings. The smallest absolute Gasteiger partial charge is 0.338 e. The minimum atomic E-state index is -0.824. The molecule has 1 atom stereocenters. The number of fused-ring (bicyclic) bond motifs is 1. The molecule has 0 spiro atoms. The number of amides is 1. The maximum absolute atomic E-state index is 12.4. The molecule has 138 valence electrons. The summed E-state index contributed by atoms with van der Waals surface area (Å²) in [7, 11) is 0. The number of hydrogen-bond donors (Lipinski definition) is 0. The molecular formula is C19H23N3O4. The molecule has 7 heteroatoms. The van der Waals surface area contributed by atoms with Crippen LogP contribution in [0.15, 0.2) is 23.0 Å². The SMILES string of the molecule is CCn1c(=O)c(C)nc2cc(C(=O)O[C@H](C)C(=O)N3CCCC3)ccc21. The van der Waals surface area contributed by atoms with E-state index in [9.17, 15) is 14.4 Å². The van der Waals surface area contributed by atoms with Crippen molar-refractivity contribution in [3.05, 3.63) is 39.8 Å². The number of rotatable bonds is 4. The quantitative estimate of drug-likeness (QED) is 0.781. The lowest BCUT2D eigenvalue weighted by Crippen LogP contribution is -2.38. The molecule has 2 aromatic rings. The maximum atomic E-state index is 12.4. The number of aromatic nitrogens is 2. The Morgan fingerprint density at radius 3 is 2.62 bits per heavy atom. The number of esters is 1. The van der Waals surface area contributed by atoms with Crippen LogP contribution >= 0.6 is 0 Å². The third kappa shape index (κ3) is 3.34. The van der Waals surface area contributed by atoms with E-state index in [1.165, 1.54) is 0 Å². The van der Waals surface area contributed by atoms with Gasteiger partial charge in [-0.3, -0.25) is 9.59 Å². The van der Waals surface area contributed by atoms with Gasteiger partial charge in [-0.15, -0.1) is 0 Å². The second-order valence-electron chi connectivity index (χ2n) is 6.53. The van der Waals surface area contributed by atoms with Gasteiger partial charge in [0.25, 0.3) is 11.5 Å². The lowest BCUT2D eigenvalue weighted by atomic mass is 10.2. The van der Waals surface area contributed by atoms with Gasteiger partial charge in [0, 0.05) is 19.6 Å². The molecule has 3 rings (SSSR count). The van der Waals surface area contributed by atoms with E-state index in [0.717, 1.165) is 12.8 Å². The highest BCUT2D eigenvalue weighted by Gasteiger charge is 2.26. The molecular weight excluding hydrogens is 334 g/mol. The highest BCUT2D eigenvalue weighted by molar-refractivity contribution is 5.95. The molecule has 0 unspecified atom stereocenters. The Kier molecular flexibility index (Phi) is 5.06. The maximum Gasteiger partial charge on any atom is 0.338 e. The first-order valence-electron chi connectivity index (χ1n) is 8.93. The van der Waals surface area contributed by atoms with Crippen molar-refractivity contribution in [3.8, 4) is 0 Å². The molecule has 0 aliphatic carbocycles. The third-order valence-electron chi connectivity index (χ3n) is 4.71. The van der Waals surface area contributed by atoms with Crippen molar-refractivity contribution in [2.75, 3.05) is 13.1 Å². The van der Waals surface area contributed by atoms with Crippen molar-refractivity contribution >= 4 is 22.9 Å². The van der Waals surface area contributed by atoms with E-state index in [1.807, 2.05) is 6.92 Å². The summed E-state index contributed by atoms with van der Waals surface area (Å²) in [5.41, 5.74) is 1.77. The van der Waals surface area contributed by atoms with Gasteiger partial charge in [-0.05, 0) is 51.8 Å². The zero-order chi connectivity index (χ0) is 18.8. The second-order valence-corrected chi connectivity index (χ2v) is 6.53. The summed E-state index contributed by atoms with van der Waals surface area (Å²) in [5.74, 6) is -0.730. The number of likely N-dealkylation sites (tertiary alicyclic amines) is 1. The largest absolute Gasteiger partial charge is 0.449 e. The Hall–Kier alpha value is -2.70. The van der Waals surface area contributed by atoms with Gasteiger partial charge in [0.15, 0.2) is 6.10 Å². The molecule has 1 aromatic heterocycles.